The van der Waals surface area contributed by atoms with Crippen LogP contribution in [0.3, 0.4) is 0 Å². The third-order valence-electron chi connectivity index (χ3n) is 6.66. The van der Waals surface area contributed by atoms with Crippen LogP contribution >= 0.6 is 0 Å². The number of nitrogens with one attached hydrogen (secondary N) is 1. The van der Waals surface area contributed by atoms with Crippen LogP contribution in [0, 0.1) is 5.92 Å². The number of allylic oxidation sites excluding steroid dienone is 1. The molecule has 0 aromatic rings. The van der Waals surface area contributed by atoms with Gasteiger partial charge in [0.15, 0.2) is 11.4 Å². The number of Topliss-reactive ketones (excluding diaryl/α,β-unsaturated/α-hetero) is 1. The number of carbonyl (C=O) groups is 3. The fourth-order valence-electron chi connectivity index (χ4n) is 4.86. The van der Waals surface area contributed by atoms with Gasteiger partial charge < -0.3 is 30.1 Å². The molecule has 180 valence electrons. The Kier molecular flexibility index (Phi) is 8.43. The van der Waals surface area contributed by atoms with Crippen LogP contribution in [-0.2, 0) is 23.9 Å². The van der Waals surface area contributed by atoms with Gasteiger partial charge in [0.2, 0.25) is 5.91 Å². The molecule has 1 heterocycles. The minimum absolute atomic E-state index is 0.127. The zero-order valence-electron chi connectivity index (χ0n) is 18.6. The van der Waals surface area contributed by atoms with E-state index in [4.69, 9.17) is 9.47 Å². The maximum Gasteiger partial charge on any atom is 0.302 e. The molecule has 0 aromatic carbocycles. The Morgan fingerprint density at radius 3 is 2.47 bits per heavy atom. The Hall–Kier alpha value is -1.81. The van der Waals surface area contributed by atoms with Crippen molar-refractivity contribution in [1.29, 1.82) is 0 Å². The van der Waals surface area contributed by atoms with Crippen LogP contribution in [-0.4, -0.2) is 75.6 Å². The number of ether oxygens (including phenoxy) is 2. The second-order valence-electron chi connectivity index (χ2n) is 9.14. The van der Waals surface area contributed by atoms with Crippen LogP contribution in [0.4, 0.5) is 0 Å². The van der Waals surface area contributed by atoms with Crippen molar-refractivity contribution in [2.75, 3.05) is 6.61 Å². The first kappa shape index (κ1) is 24.8. The summed E-state index contributed by atoms with van der Waals surface area (Å²) in [5.74, 6) is -2.41. The quantitative estimate of drug-likeness (QED) is 0.145. The molecular formula is C23H35NO8. The average Bonchev–Trinajstić information content (AvgIpc) is 3.54. The molecule has 2 bridgehead atoms. The average molecular weight is 454 g/mol. The van der Waals surface area contributed by atoms with Gasteiger partial charge in [-0.2, -0.15) is 0 Å². The Morgan fingerprint density at radius 1 is 1.12 bits per heavy atom. The van der Waals surface area contributed by atoms with Crippen molar-refractivity contribution in [2.45, 2.75) is 101 Å². The Bertz CT molecular complexity index is 725. The number of amides is 1. The van der Waals surface area contributed by atoms with Crippen molar-refractivity contribution in [1.82, 2.24) is 5.32 Å². The van der Waals surface area contributed by atoms with Gasteiger partial charge in [-0.3, -0.25) is 14.4 Å². The van der Waals surface area contributed by atoms with Crippen molar-refractivity contribution < 1.29 is 39.2 Å². The second-order valence-corrected chi connectivity index (χ2v) is 9.14. The van der Waals surface area contributed by atoms with Crippen molar-refractivity contribution >= 4 is 17.7 Å². The smallest absolute Gasteiger partial charge is 0.302 e. The van der Waals surface area contributed by atoms with Gasteiger partial charge in [-0.05, 0) is 25.3 Å². The lowest BCUT2D eigenvalue weighted by Gasteiger charge is -2.46. The molecule has 7 unspecified atom stereocenters. The van der Waals surface area contributed by atoms with Crippen LogP contribution < -0.4 is 5.32 Å². The van der Waals surface area contributed by atoms with Gasteiger partial charge in [0.05, 0.1) is 30.8 Å². The maximum atomic E-state index is 12.4. The number of carbonyl (C=O) groups excluding carboxylic acids is 3. The van der Waals surface area contributed by atoms with E-state index in [1.165, 1.54) is 13.0 Å². The monoisotopic (exact) mass is 453 g/mol. The van der Waals surface area contributed by atoms with Crippen molar-refractivity contribution in [3.8, 4) is 0 Å². The highest BCUT2D eigenvalue weighted by molar-refractivity contribution is 5.95. The summed E-state index contributed by atoms with van der Waals surface area (Å²) in [7, 11) is 0. The molecule has 1 aliphatic heterocycles. The third kappa shape index (κ3) is 5.75. The minimum Gasteiger partial charge on any atom is -0.466 e. The molecule has 32 heavy (non-hydrogen) atoms. The summed E-state index contributed by atoms with van der Waals surface area (Å²) in [6, 6.07) is -0.833. The zero-order valence-corrected chi connectivity index (χ0v) is 18.6. The normalized spacial score (nSPS) is 35.4. The number of epoxide rings is 1. The molecule has 3 fully saturated rings. The first-order valence-electron chi connectivity index (χ1n) is 11.6. The highest BCUT2D eigenvalue weighted by Gasteiger charge is 2.72. The van der Waals surface area contributed by atoms with Crippen LogP contribution in [0.5, 0.6) is 0 Å². The molecule has 9 nitrogen and oxygen atoms in total. The van der Waals surface area contributed by atoms with Gasteiger partial charge in [0.25, 0.3) is 0 Å². The molecule has 2 saturated carbocycles. The van der Waals surface area contributed by atoms with Crippen LogP contribution in [0.2, 0.25) is 0 Å². The van der Waals surface area contributed by atoms with E-state index in [1.54, 1.807) is 6.08 Å². The van der Waals surface area contributed by atoms with E-state index in [0.717, 1.165) is 51.4 Å². The topological polar surface area (TPSA) is 146 Å². The number of hydrogen-bond donors (Lipinski definition) is 4. The second kappa shape index (κ2) is 10.9. The Morgan fingerprint density at radius 2 is 1.78 bits per heavy atom. The molecule has 7 atom stereocenters. The maximum absolute atomic E-state index is 12.4. The summed E-state index contributed by atoms with van der Waals surface area (Å²) in [5, 5.41) is 34.1. The van der Waals surface area contributed by atoms with Crippen molar-refractivity contribution in [2.24, 2.45) is 5.92 Å². The predicted octanol–water partition coefficient (Wildman–Crippen LogP) is 0.534. The molecule has 1 amide bonds. The number of hydrogen-bond acceptors (Lipinski definition) is 8. The molecule has 0 spiro atoms. The fourth-order valence-corrected chi connectivity index (χ4v) is 4.86. The first-order valence-corrected chi connectivity index (χ1v) is 11.6. The van der Waals surface area contributed by atoms with Gasteiger partial charge in [-0.25, -0.2) is 0 Å². The number of esters is 1. The summed E-state index contributed by atoms with van der Waals surface area (Å²) < 4.78 is 10.1. The standard InChI is InChI=1S/C23H35NO8/c1-14(25)31-12-10-8-6-4-2-3-5-7-9-11-16(26)24-15-13-23(30)21(29)17(18(15)27)19(28)20-22(23)32-20/h9,11,15,17-20,22,27-28,30H,2-8,10,12-13H2,1H3,(H,24,26). The SMILES string of the molecule is CC(=O)OCCCCCCCCCC=CC(=O)NC1CC2(O)C(=O)C(C1O)C(O)C1OC12. The molecule has 0 aromatic heterocycles. The van der Waals surface area contributed by atoms with E-state index in [0.29, 0.717) is 6.61 Å². The Balaban J connectivity index is 1.29. The van der Waals surface area contributed by atoms with Gasteiger partial charge in [-0.15, -0.1) is 0 Å². The summed E-state index contributed by atoms with van der Waals surface area (Å²) in [4.78, 5) is 35.3. The highest BCUT2D eigenvalue weighted by atomic mass is 16.6. The number of rotatable bonds is 12. The summed E-state index contributed by atoms with van der Waals surface area (Å²) in [6.45, 7) is 1.91. The number of fused-ring (bicyclic) bond motifs is 4. The van der Waals surface area contributed by atoms with Gasteiger partial charge in [0.1, 0.15) is 12.2 Å². The lowest BCUT2D eigenvalue weighted by molar-refractivity contribution is -0.171. The molecule has 3 aliphatic rings. The minimum atomic E-state index is -1.77. The number of aliphatic hydroxyl groups is 3. The van der Waals surface area contributed by atoms with E-state index in [1.807, 2.05) is 0 Å². The number of ketones is 1. The van der Waals surface area contributed by atoms with Crippen LogP contribution in [0.15, 0.2) is 12.2 Å². The number of aliphatic hydroxyl groups excluding tert-OH is 2. The number of unbranched alkanes of at least 4 members (excludes halogenated alkanes) is 7. The lowest BCUT2D eigenvalue weighted by Crippen LogP contribution is -2.69. The molecular weight excluding hydrogens is 418 g/mol. The van der Waals surface area contributed by atoms with E-state index >= 15 is 0 Å². The van der Waals surface area contributed by atoms with Crippen LogP contribution in [0.25, 0.3) is 0 Å². The Labute approximate surface area is 188 Å². The molecule has 1 saturated heterocycles. The van der Waals surface area contributed by atoms with E-state index in [2.05, 4.69) is 5.32 Å². The largest absolute Gasteiger partial charge is 0.466 e. The summed E-state index contributed by atoms with van der Waals surface area (Å²) in [5.41, 5.74) is -1.77. The zero-order chi connectivity index (χ0) is 23.3. The molecule has 9 heteroatoms. The molecule has 0 radical (unpaired) electrons. The van der Waals surface area contributed by atoms with Gasteiger partial charge in [-0.1, -0.05) is 38.2 Å². The van der Waals surface area contributed by atoms with E-state index in [9.17, 15) is 29.7 Å². The van der Waals surface area contributed by atoms with Crippen molar-refractivity contribution in [3.05, 3.63) is 12.2 Å². The first-order chi connectivity index (χ1) is 15.3. The molecule has 4 N–H and O–H groups in total. The predicted molar refractivity (Wildman–Crippen MR) is 113 cm³/mol. The molecule has 2 aliphatic carbocycles. The lowest BCUT2D eigenvalue weighted by atomic mass is 9.64. The van der Waals surface area contributed by atoms with Gasteiger partial charge in [0, 0.05) is 13.3 Å². The van der Waals surface area contributed by atoms with Crippen molar-refractivity contribution in [3.63, 3.8) is 0 Å². The van der Waals surface area contributed by atoms with E-state index in [-0.39, 0.29) is 12.4 Å². The van der Waals surface area contributed by atoms with Gasteiger partial charge >= 0.3 is 5.97 Å². The summed E-state index contributed by atoms with van der Waals surface area (Å²) >= 11 is 0. The van der Waals surface area contributed by atoms with Crippen LogP contribution in [0.1, 0.15) is 64.7 Å². The fraction of sp³-hybridized carbons (Fsp3) is 0.783. The highest BCUT2D eigenvalue weighted by Crippen LogP contribution is 2.50. The molecule has 3 rings (SSSR count). The van der Waals surface area contributed by atoms with E-state index < -0.39 is 53.7 Å². The summed E-state index contributed by atoms with van der Waals surface area (Å²) in [6.07, 6.45) is 7.30. The third-order valence-corrected chi connectivity index (χ3v) is 6.66.